The van der Waals surface area contributed by atoms with Crippen molar-refractivity contribution in [1.29, 1.82) is 0 Å². The lowest BCUT2D eigenvalue weighted by molar-refractivity contribution is -0.148. The molecule has 2 aromatic rings. The van der Waals surface area contributed by atoms with Crippen molar-refractivity contribution in [3.05, 3.63) is 52.1 Å². The maximum atomic E-state index is 14.0. The minimum atomic E-state index is -2.68. The van der Waals surface area contributed by atoms with Crippen LogP contribution in [0.1, 0.15) is 22.3 Å². The second-order valence-electron chi connectivity index (χ2n) is 10.5. The molecule has 1 aromatic heterocycles. The number of carbonyl (C=O) groups excluding carboxylic acids is 3. The number of hydrogen-bond donors (Lipinski definition) is 6. The average Bonchev–Trinajstić information content (AvgIpc) is 3.35. The second-order valence-corrected chi connectivity index (χ2v) is 10.5. The number of hydrogen-bond acceptors (Lipinski definition) is 10. The zero-order valence-corrected chi connectivity index (χ0v) is 21.3. The molecule has 7 N–H and O–H groups in total. The first-order valence-corrected chi connectivity index (χ1v) is 12.0. The average molecular weight is 524 g/mol. The number of aromatic hydroxyl groups is 1. The molecule has 0 spiro atoms. The van der Waals surface area contributed by atoms with Crippen molar-refractivity contribution in [2.75, 3.05) is 33.1 Å². The summed E-state index contributed by atoms with van der Waals surface area (Å²) in [7, 11) is 6.77. The van der Waals surface area contributed by atoms with E-state index in [1.807, 2.05) is 0 Å². The van der Waals surface area contributed by atoms with Crippen molar-refractivity contribution in [3.63, 3.8) is 0 Å². The number of fused-ring (bicyclic) bond motifs is 3. The second kappa shape index (κ2) is 8.43. The number of aromatic amines is 1. The number of amides is 1. The van der Waals surface area contributed by atoms with Crippen LogP contribution in [0.3, 0.4) is 0 Å². The fourth-order valence-electron chi connectivity index (χ4n) is 6.30. The molecule has 1 amide bonds. The Morgan fingerprint density at radius 1 is 1.18 bits per heavy atom. The Morgan fingerprint density at radius 3 is 2.42 bits per heavy atom. The molecule has 12 heteroatoms. The van der Waals surface area contributed by atoms with Gasteiger partial charge in [-0.3, -0.25) is 24.4 Å². The molecule has 1 heterocycles. The number of likely N-dealkylation sites (N-methyl/N-ethyl adjacent to an activating group) is 1. The van der Waals surface area contributed by atoms with Gasteiger partial charge in [-0.25, -0.2) is 0 Å². The molecule has 4 atom stereocenters. The number of phenols is 1. The van der Waals surface area contributed by atoms with E-state index in [1.54, 1.807) is 51.4 Å². The zero-order valence-electron chi connectivity index (χ0n) is 21.3. The summed E-state index contributed by atoms with van der Waals surface area (Å²) in [5.41, 5.74) is 3.48. The summed E-state index contributed by atoms with van der Waals surface area (Å²) in [5.74, 6) is -6.83. The number of phenolic OH excluding ortho intramolecular Hbond substituents is 1. The van der Waals surface area contributed by atoms with Crippen molar-refractivity contribution in [3.8, 4) is 17.0 Å². The number of aliphatic hydroxyl groups excluding tert-OH is 2. The summed E-state index contributed by atoms with van der Waals surface area (Å²) in [5, 5.41) is 52.0. The van der Waals surface area contributed by atoms with Gasteiger partial charge in [0.1, 0.15) is 22.8 Å². The number of nitrogens with one attached hydrogen (secondary N) is 1. The molecule has 0 fully saturated rings. The van der Waals surface area contributed by atoms with E-state index in [0.717, 1.165) is 0 Å². The van der Waals surface area contributed by atoms with Crippen LogP contribution < -0.4 is 10.6 Å². The Balaban J connectivity index is 1.76. The summed E-state index contributed by atoms with van der Waals surface area (Å²) in [6, 6.07) is 2.32. The number of carbonyl (C=O) groups is 3. The summed E-state index contributed by atoms with van der Waals surface area (Å²) >= 11 is 0. The molecule has 12 nitrogen and oxygen atoms in total. The molecule has 38 heavy (non-hydrogen) atoms. The Morgan fingerprint density at radius 2 is 1.87 bits per heavy atom. The highest BCUT2D eigenvalue weighted by Gasteiger charge is 2.63. The maximum Gasteiger partial charge on any atom is 0.255 e. The molecule has 5 rings (SSSR count). The lowest BCUT2D eigenvalue weighted by Crippen LogP contribution is -2.63. The van der Waals surface area contributed by atoms with Gasteiger partial charge in [-0.1, -0.05) is 0 Å². The van der Waals surface area contributed by atoms with Crippen molar-refractivity contribution in [2.24, 2.45) is 17.6 Å². The van der Waals surface area contributed by atoms with E-state index in [2.05, 4.69) is 10.2 Å². The first-order valence-electron chi connectivity index (χ1n) is 12.0. The quantitative estimate of drug-likeness (QED) is 0.309. The molecule has 0 saturated heterocycles. The van der Waals surface area contributed by atoms with Gasteiger partial charge >= 0.3 is 0 Å². The SMILES string of the molecule is CN(C)c1cc(-c2cc[nH]n2)c(O)c2c1C[C@H]1C[C@H]3[C@H](N(C)C)C(O)=C(C(N)=O)C(=O)[C@@]3(O)C(O)=C1C2=O. The molecule has 200 valence electrons. The van der Waals surface area contributed by atoms with E-state index >= 15 is 0 Å². The summed E-state index contributed by atoms with van der Waals surface area (Å²) in [6.45, 7) is 0. The van der Waals surface area contributed by atoms with Crippen LogP contribution in [0.25, 0.3) is 11.3 Å². The molecule has 0 unspecified atom stereocenters. The van der Waals surface area contributed by atoms with Crippen LogP contribution in [0.15, 0.2) is 41.0 Å². The number of nitrogens with two attached hydrogens (primary N) is 1. The first-order chi connectivity index (χ1) is 17.8. The van der Waals surface area contributed by atoms with Crippen LogP contribution in [0.4, 0.5) is 5.69 Å². The normalized spacial score (nSPS) is 26.8. The lowest BCUT2D eigenvalue weighted by Gasteiger charge is -2.50. The van der Waals surface area contributed by atoms with Crippen LogP contribution in [0.5, 0.6) is 5.75 Å². The molecule has 1 aromatic carbocycles. The third-order valence-corrected chi connectivity index (χ3v) is 7.96. The van der Waals surface area contributed by atoms with E-state index < -0.39 is 58.0 Å². The van der Waals surface area contributed by atoms with E-state index in [0.29, 0.717) is 22.5 Å². The number of benzene rings is 1. The number of rotatable bonds is 4. The van der Waals surface area contributed by atoms with E-state index in [9.17, 15) is 34.8 Å². The molecule has 0 saturated carbocycles. The molecule has 0 radical (unpaired) electrons. The van der Waals surface area contributed by atoms with Gasteiger partial charge in [-0.05, 0) is 50.6 Å². The number of aromatic nitrogens is 2. The number of aliphatic hydroxyl groups is 3. The van der Waals surface area contributed by atoms with Crippen molar-refractivity contribution in [2.45, 2.75) is 24.5 Å². The minimum absolute atomic E-state index is 0.0283. The number of Topliss-reactive ketones (excluding diaryl/α,β-unsaturated/α-hetero) is 2. The fourth-order valence-corrected chi connectivity index (χ4v) is 6.30. The van der Waals surface area contributed by atoms with Crippen molar-refractivity contribution < 1.29 is 34.8 Å². The van der Waals surface area contributed by atoms with Crippen molar-refractivity contribution in [1.82, 2.24) is 15.1 Å². The highest BCUT2D eigenvalue weighted by atomic mass is 16.3. The Labute approximate surface area is 217 Å². The van der Waals surface area contributed by atoms with E-state index in [4.69, 9.17) is 5.73 Å². The highest BCUT2D eigenvalue weighted by molar-refractivity contribution is 6.25. The van der Waals surface area contributed by atoms with Gasteiger partial charge in [0, 0.05) is 43.0 Å². The molecule has 3 aliphatic carbocycles. The third-order valence-electron chi connectivity index (χ3n) is 7.96. The lowest BCUT2D eigenvalue weighted by atomic mass is 9.58. The summed E-state index contributed by atoms with van der Waals surface area (Å²) in [6.07, 6.45) is 1.80. The zero-order chi connectivity index (χ0) is 27.8. The monoisotopic (exact) mass is 523 g/mol. The fraction of sp³-hybridized carbons (Fsp3) is 0.385. The Hall–Kier alpha value is -4.16. The highest BCUT2D eigenvalue weighted by Crippen LogP contribution is 2.54. The van der Waals surface area contributed by atoms with Crippen LogP contribution >= 0.6 is 0 Å². The van der Waals surface area contributed by atoms with Gasteiger partial charge in [0.25, 0.3) is 5.91 Å². The first kappa shape index (κ1) is 25.5. The van der Waals surface area contributed by atoms with Crippen molar-refractivity contribution >= 4 is 23.2 Å². The Kier molecular flexibility index (Phi) is 5.65. The van der Waals surface area contributed by atoms with Gasteiger partial charge in [0.2, 0.25) is 5.78 Å². The largest absolute Gasteiger partial charge is 0.510 e. The molecule has 0 aliphatic heterocycles. The third kappa shape index (κ3) is 3.23. The topological polar surface area (TPSA) is 193 Å². The van der Waals surface area contributed by atoms with Gasteiger partial charge in [0.05, 0.1) is 17.3 Å². The molecule has 3 aliphatic rings. The summed E-state index contributed by atoms with van der Waals surface area (Å²) in [4.78, 5) is 42.8. The number of anilines is 1. The van der Waals surface area contributed by atoms with Crippen LogP contribution in [0, 0.1) is 11.8 Å². The predicted octanol–water partition coefficient (Wildman–Crippen LogP) is 0.577. The van der Waals surface area contributed by atoms with Gasteiger partial charge in [0.15, 0.2) is 11.4 Å². The molecular weight excluding hydrogens is 494 g/mol. The number of primary amides is 1. The number of allylic oxidation sites excluding steroid dienone is 1. The number of H-pyrrole nitrogens is 1. The van der Waals surface area contributed by atoms with Gasteiger partial charge in [-0.15, -0.1) is 0 Å². The van der Waals surface area contributed by atoms with E-state index in [-0.39, 0.29) is 29.7 Å². The van der Waals surface area contributed by atoms with E-state index in [1.165, 1.54) is 4.90 Å². The van der Waals surface area contributed by atoms with Crippen LogP contribution in [-0.2, 0) is 16.0 Å². The minimum Gasteiger partial charge on any atom is -0.510 e. The summed E-state index contributed by atoms with van der Waals surface area (Å²) < 4.78 is 0. The van der Waals surface area contributed by atoms with Gasteiger partial charge in [-0.2, -0.15) is 5.10 Å². The van der Waals surface area contributed by atoms with Crippen LogP contribution in [-0.4, -0.2) is 92.8 Å². The van der Waals surface area contributed by atoms with Crippen LogP contribution in [0.2, 0.25) is 0 Å². The smallest absolute Gasteiger partial charge is 0.255 e. The molecular formula is C26H29N5O7. The number of nitrogens with zero attached hydrogens (tertiary/aromatic N) is 3. The van der Waals surface area contributed by atoms with Gasteiger partial charge < -0.3 is 31.1 Å². The standard InChI is InChI=1S/C26H29N5O7/c1-30(2)15-9-11(14-5-6-28-29-14)20(32)17-12(15)7-10-8-13-19(31(3)4)22(34)18(25(27)37)24(36)26(13,38)23(35)16(10)21(17)33/h5-6,9-10,13,19,32,34-35,38H,7-8H2,1-4H3,(H2,27,37)(H,28,29)/t10-,13-,19-,26-/m0/s1. The predicted molar refractivity (Wildman–Crippen MR) is 136 cm³/mol. The molecule has 0 bridgehead atoms. The maximum absolute atomic E-state index is 14.0. The Bertz CT molecular complexity index is 1460. The number of ketones is 2.